The molecule has 2 aromatic rings. The lowest BCUT2D eigenvalue weighted by atomic mass is 10.1. The van der Waals surface area contributed by atoms with Crippen molar-refractivity contribution >= 4 is 23.3 Å². The maximum Gasteiger partial charge on any atom is 0.339 e. The minimum Gasteiger partial charge on any atom is -0.495 e. The minimum atomic E-state index is -0.753. The highest BCUT2D eigenvalue weighted by Gasteiger charge is 2.25. The van der Waals surface area contributed by atoms with Gasteiger partial charge in [-0.05, 0) is 25.1 Å². The van der Waals surface area contributed by atoms with Gasteiger partial charge >= 0.3 is 5.97 Å². The summed E-state index contributed by atoms with van der Waals surface area (Å²) in [5.41, 5.74) is 1.10. The molecule has 9 nitrogen and oxygen atoms in total. The fraction of sp³-hybridized carbons (Fsp3) is 0.333. The monoisotopic (exact) mass is 413 g/mol. The zero-order valence-electron chi connectivity index (χ0n) is 16.9. The van der Waals surface area contributed by atoms with E-state index in [1.54, 1.807) is 12.0 Å². The molecule has 1 amide bonds. The molecule has 0 radical (unpaired) electrons. The number of benzene rings is 2. The molecule has 0 atom stereocenters. The Balaban J connectivity index is 1.55. The number of ether oxygens (including phenoxy) is 2. The smallest absolute Gasteiger partial charge is 0.339 e. The quantitative estimate of drug-likeness (QED) is 0.407. The van der Waals surface area contributed by atoms with E-state index >= 15 is 0 Å². The number of nitro groups is 1. The number of nitrogens with zero attached hydrogens (tertiary/aromatic N) is 3. The highest BCUT2D eigenvalue weighted by atomic mass is 16.6. The van der Waals surface area contributed by atoms with Crippen molar-refractivity contribution in [1.29, 1.82) is 0 Å². The summed E-state index contributed by atoms with van der Waals surface area (Å²) in [6.07, 6.45) is 0. The number of para-hydroxylation sites is 2. The summed E-state index contributed by atoms with van der Waals surface area (Å²) in [6, 6.07) is 11.9. The molecule has 1 aliphatic heterocycles. The van der Waals surface area contributed by atoms with Crippen LogP contribution < -0.4 is 9.64 Å². The van der Waals surface area contributed by atoms with Crippen molar-refractivity contribution in [3.63, 3.8) is 0 Å². The van der Waals surface area contributed by atoms with Gasteiger partial charge in [-0.2, -0.15) is 0 Å². The molecule has 0 spiro atoms. The van der Waals surface area contributed by atoms with Crippen LogP contribution in [0.3, 0.4) is 0 Å². The van der Waals surface area contributed by atoms with Gasteiger partial charge in [0.1, 0.15) is 5.75 Å². The maximum absolute atomic E-state index is 12.5. The molecule has 3 rings (SSSR count). The Bertz CT molecular complexity index is 954. The SMILES string of the molecule is COc1ccccc1N1CCN(C(=O)COC(=O)c2cccc([N+](=O)[O-])c2C)CC1. The molecule has 158 valence electrons. The van der Waals surface area contributed by atoms with Crippen molar-refractivity contribution in [3.8, 4) is 5.75 Å². The normalized spacial score (nSPS) is 13.7. The molecule has 0 aliphatic carbocycles. The molecule has 0 unspecified atom stereocenters. The Hall–Kier alpha value is -3.62. The average molecular weight is 413 g/mol. The number of carbonyl (C=O) groups excluding carboxylic acids is 2. The van der Waals surface area contributed by atoms with E-state index in [4.69, 9.17) is 9.47 Å². The Morgan fingerprint density at radius 3 is 2.43 bits per heavy atom. The number of esters is 1. The standard InChI is InChI=1S/C21H23N3O6/c1-15-16(6-5-8-17(15)24(27)28)21(26)30-14-20(25)23-12-10-22(11-13-23)18-7-3-4-9-19(18)29-2/h3-9H,10-14H2,1-2H3. The van der Waals surface area contributed by atoms with Crippen LogP contribution in [0.2, 0.25) is 0 Å². The van der Waals surface area contributed by atoms with Gasteiger partial charge in [-0.15, -0.1) is 0 Å². The van der Waals surface area contributed by atoms with E-state index in [-0.39, 0.29) is 22.7 Å². The Morgan fingerprint density at radius 1 is 1.07 bits per heavy atom. The van der Waals surface area contributed by atoms with Crippen molar-refractivity contribution in [2.24, 2.45) is 0 Å². The van der Waals surface area contributed by atoms with E-state index in [1.807, 2.05) is 24.3 Å². The molecule has 0 saturated carbocycles. The maximum atomic E-state index is 12.5. The second kappa shape index (κ2) is 9.25. The highest BCUT2D eigenvalue weighted by molar-refractivity contribution is 5.93. The van der Waals surface area contributed by atoms with Gasteiger partial charge in [-0.3, -0.25) is 14.9 Å². The van der Waals surface area contributed by atoms with E-state index in [9.17, 15) is 19.7 Å². The molecular weight excluding hydrogens is 390 g/mol. The first-order valence-corrected chi connectivity index (χ1v) is 9.49. The van der Waals surface area contributed by atoms with E-state index in [0.717, 1.165) is 11.4 Å². The summed E-state index contributed by atoms with van der Waals surface area (Å²) in [4.78, 5) is 39.0. The van der Waals surface area contributed by atoms with Crippen LogP contribution in [0.15, 0.2) is 42.5 Å². The van der Waals surface area contributed by atoms with Gasteiger partial charge < -0.3 is 19.3 Å². The fourth-order valence-corrected chi connectivity index (χ4v) is 3.43. The van der Waals surface area contributed by atoms with Crippen LogP contribution in [0, 0.1) is 17.0 Å². The Labute approximate surface area is 173 Å². The van der Waals surface area contributed by atoms with Crippen LogP contribution in [0.4, 0.5) is 11.4 Å². The van der Waals surface area contributed by atoms with E-state index in [1.165, 1.54) is 25.1 Å². The third-order valence-corrected chi connectivity index (χ3v) is 5.11. The predicted molar refractivity (Wildman–Crippen MR) is 110 cm³/mol. The molecule has 1 saturated heterocycles. The number of hydrogen-bond acceptors (Lipinski definition) is 7. The lowest BCUT2D eigenvalue weighted by Crippen LogP contribution is -2.50. The van der Waals surface area contributed by atoms with Crippen molar-refractivity contribution in [2.45, 2.75) is 6.92 Å². The van der Waals surface area contributed by atoms with Crippen LogP contribution in [0.5, 0.6) is 5.75 Å². The first-order chi connectivity index (χ1) is 14.4. The van der Waals surface area contributed by atoms with E-state index in [2.05, 4.69) is 4.90 Å². The van der Waals surface area contributed by atoms with Gasteiger partial charge in [0, 0.05) is 37.8 Å². The summed E-state index contributed by atoms with van der Waals surface area (Å²) < 4.78 is 10.5. The van der Waals surface area contributed by atoms with Crippen LogP contribution >= 0.6 is 0 Å². The van der Waals surface area contributed by atoms with E-state index in [0.29, 0.717) is 26.2 Å². The minimum absolute atomic E-state index is 0.0815. The largest absolute Gasteiger partial charge is 0.495 e. The van der Waals surface area contributed by atoms with Crippen molar-refractivity contribution < 1.29 is 24.0 Å². The lowest BCUT2D eigenvalue weighted by Gasteiger charge is -2.36. The predicted octanol–water partition coefficient (Wildman–Crippen LogP) is 2.42. The Kier molecular flexibility index (Phi) is 6.51. The van der Waals surface area contributed by atoms with Gasteiger partial charge in [0.25, 0.3) is 11.6 Å². The zero-order chi connectivity index (χ0) is 21.7. The first-order valence-electron chi connectivity index (χ1n) is 9.49. The lowest BCUT2D eigenvalue weighted by molar-refractivity contribution is -0.385. The number of rotatable bonds is 6. The number of hydrogen-bond donors (Lipinski definition) is 0. The van der Waals surface area contributed by atoms with Crippen LogP contribution in [-0.2, 0) is 9.53 Å². The molecule has 0 aromatic heterocycles. The van der Waals surface area contributed by atoms with Crippen molar-refractivity contribution in [1.82, 2.24) is 4.90 Å². The summed E-state index contributed by atoms with van der Waals surface area (Å²) in [5.74, 6) is -0.276. The van der Waals surface area contributed by atoms with Crippen molar-refractivity contribution in [3.05, 3.63) is 63.7 Å². The Morgan fingerprint density at radius 2 is 1.77 bits per heavy atom. The molecule has 30 heavy (non-hydrogen) atoms. The van der Waals surface area contributed by atoms with Gasteiger partial charge in [0.2, 0.25) is 0 Å². The zero-order valence-corrected chi connectivity index (χ0v) is 16.9. The number of carbonyl (C=O) groups is 2. The molecule has 0 N–H and O–H groups in total. The highest BCUT2D eigenvalue weighted by Crippen LogP contribution is 2.28. The number of methoxy groups -OCH3 is 1. The summed E-state index contributed by atoms with van der Waals surface area (Å²) in [5, 5.41) is 11.0. The topological polar surface area (TPSA) is 102 Å². The summed E-state index contributed by atoms with van der Waals surface area (Å²) in [6.45, 7) is 3.31. The number of amides is 1. The molecule has 2 aromatic carbocycles. The van der Waals surface area contributed by atoms with Crippen LogP contribution in [-0.4, -0.2) is 61.6 Å². The van der Waals surface area contributed by atoms with Crippen LogP contribution in [0.1, 0.15) is 15.9 Å². The van der Waals surface area contributed by atoms with Gasteiger partial charge in [0.15, 0.2) is 6.61 Å². The molecule has 9 heteroatoms. The summed E-state index contributed by atoms with van der Waals surface area (Å²) in [7, 11) is 1.62. The second-order valence-electron chi connectivity index (χ2n) is 6.82. The number of anilines is 1. The van der Waals surface area contributed by atoms with Crippen molar-refractivity contribution in [2.75, 3.05) is 44.8 Å². The molecule has 1 aliphatic rings. The number of piperazine rings is 1. The van der Waals surface area contributed by atoms with E-state index < -0.39 is 17.5 Å². The third-order valence-electron chi connectivity index (χ3n) is 5.11. The van der Waals surface area contributed by atoms with Gasteiger partial charge in [-0.25, -0.2) is 4.79 Å². The fourth-order valence-electron chi connectivity index (χ4n) is 3.43. The number of nitro benzene ring substituents is 1. The molecule has 0 bridgehead atoms. The summed E-state index contributed by atoms with van der Waals surface area (Å²) >= 11 is 0. The van der Waals surface area contributed by atoms with Gasteiger partial charge in [0.05, 0.1) is 23.3 Å². The molecular formula is C21H23N3O6. The third kappa shape index (κ3) is 4.51. The molecule has 1 fully saturated rings. The second-order valence-corrected chi connectivity index (χ2v) is 6.82. The van der Waals surface area contributed by atoms with Gasteiger partial charge in [-0.1, -0.05) is 18.2 Å². The first kappa shape index (κ1) is 21.1. The van der Waals surface area contributed by atoms with Crippen LogP contribution in [0.25, 0.3) is 0 Å². The average Bonchev–Trinajstić information content (AvgIpc) is 2.77. The molecule has 1 heterocycles.